The lowest BCUT2D eigenvalue weighted by atomic mass is 9.85. The Kier molecular flexibility index (Phi) is 4.86. The van der Waals surface area contributed by atoms with Gasteiger partial charge < -0.3 is 5.32 Å². The average molecular weight is 357 g/mol. The third kappa shape index (κ3) is 3.20. The molecule has 2 rings (SSSR count). The second-order valence-corrected chi connectivity index (χ2v) is 7.74. The maximum Gasteiger partial charge on any atom is 0.0739 e. The molecule has 0 saturated carbocycles. The maximum atomic E-state index is 4.53. The van der Waals surface area contributed by atoms with Gasteiger partial charge in [0.2, 0.25) is 0 Å². The van der Waals surface area contributed by atoms with Gasteiger partial charge in [-0.1, -0.05) is 13.8 Å². The number of hydrogen-bond acceptors (Lipinski definition) is 3. The van der Waals surface area contributed by atoms with Crippen molar-refractivity contribution in [2.24, 2.45) is 7.05 Å². The minimum absolute atomic E-state index is 0.201. The van der Waals surface area contributed by atoms with E-state index in [-0.39, 0.29) is 11.1 Å². The van der Waals surface area contributed by atoms with Gasteiger partial charge in [-0.05, 0) is 49.5 Å². The molecule has 120 valence electrons. The number of piperazine rings is 1. The summed E-state index contributed by atoms with van der Waals surface area (Å²) < 4.78 is 3.17. The van der Waals surface area contributed by atoms with Crippen molar-refractivity contribution in [1.82, 2.24) is 20.0 Å². The molecular formula is C16H29BrN4. The van der Waals surface area contributed by atoms with E-state index in [1.165, 1.54) is 5.69 Å². The van der Waals surface area contributed by atoms with Crippen molar-refractivity contribution in [3.05, 3.63) is 15.9 Å². The number of nitrogens with zero attached hydrogens (tertiary/aromatic N) is 3. The van der Waals surface area contributed by atoms with Crippen LogP contribution in [-0.4, -0.2) is 38.8 Å². The largest absolute Gasteiger partial charge is 0.308 e. The lowest BCUT2D eigenvalue weighted by Crippen LogP contribution is -2.67. The number of nitrogens with one attached hydrogen (secondary N) is 1. The summed E-state index contributed by atoms with van der Waals surface area (Å²) >= 11 is 3.71. The third-order valence-electron chi connectivity index (χ3n) is 5.34. The van der Waals surface area contributed by atoms with Crippen molar-refractivity contribution in [3.8, 4) is 0 Å². The van der Waals surface area contributed by atoms with Crippen LogP contribution in [0.25, 0.3) is 0 Å². The second kappa shape index (κ2) is 6.01. The molecule has 21 heavy (non-hydrogen) atoms. The van der Waals surface area contributed by atoms with Gasteiger partial charge in [-0.2, -0.15) is 5.10 Å². The summed E-state index contributed by atoms with van der Waals surface area (Å²) in [6.45, 7) is 14.4. The summed E-state index contributed by atoms with van der Waals surface area (Å²) in [5, 5.41) is 8.29. The van der Waals surface area contributed by atoms with E-state index in [0.29, 0.717) is 0 Å². The monoisotopic (exact) mass is 356 g/mol. The van der Waals surface area contributed by atoms with E-state index in [9.17, 15) is 0 Å². The molecule has 1 aromatic rings. The minimum Gasteiger partial charge on any atom is -0.308 e. The number of rotatable bonds is 4. The first-order valence-electron chi connectivity index (χ1n) is 7.93. The zero-order chi connectivity index (χ0) is 15.8. The summed E-state index contributed by atoms with van der Waals surface area (Å²) in [5.74, 6) is 0. The molecule has 1 aromatic heterocycles. The van der Waals surface area contributed by atoms with Crippen molar-refractivity contribution in [3.63, 3.8) is 0 Å². The highest BCUT2D eigenvalue weighted by Gasteiger charge is 2.41. The first-order valence-corrected chi connectivity index (χ1v) is 8.72. The van der Waals surface area contributed by atoms with Crippen LogP contribution in [0.1, 0.15) is 51.9 Å². The first-order chi connectivity index (χ1) is 9.74. The molecule has 1 aliphatic heterocycles. The Morgan fingerprint density at radius 2 is 1.95 bits per heavy atom. The Morgan fingerprint density at radius 1 is 1.29 bits per heavy atom. The average Bonchev–Trinajstić information content (AvgIpc) is 2.70. The van der Waals surface area contributed by atoms with E-state index in [1.54, 1.807) is 0 Å². The highest BCUT2D eigenvalue weighted by atomic mass is 79.9. The molecule has 2 atom stereocenters. The van der Waals surface area contributed by atoms with E-state index in [4.69, 9.17) is 0 Å². The summed E-state index contributed by atoms with van der Waals surface area (Å²) in [6.07, 6.45) is 2.29. The number of aromatic nitrogens is 2. The van der Waals surface area contributed by atoms with Gasteiger partial charge in [0.1, 0.15) is 0 Å². The summed E-state index contributed by atoms with van der Waals surface area (Å²) in [4.78, 5) is 2.63. The number of halogens is 1. The lowest BCUT2D eigenvalue weighted by molar-refractivity contribution is 0.00863. The van der Waals surface area contributed by atoms with Crippen LogP contribution in [0.4, 0.5) is 0 Å². The van der Waals surface area contributed by atoms with Crippen LogP contribution in [-0.2, 0) is 13.6 Å². The lowest BCUT2D eigenvalue weighted by Gasteiger charge is -2.52. The molecule has 1 fully saturated rings. The molecule has 0 bridgehead atoms. The van der Waals surface area contributed by atoms with Gasteiger partial charge in [-0.15, -0.1) is 0 Å². The molecule has 1 N–H and O–H groups in total. The maximum absolute atomic E-state index is 4.53. The van der Waals surface area contributed by atoms with Crippen molar-refractivity contribution in [1.29, 1.82) is 0 Å². The fraction of sp³-hybridized carbons (Fsp3) is 0.812. The van der Waals surface area contributed by atoms with Crippen LogP contribution in [0.3, 0.4) is 0 Å². The summed E-state index contributed by atoms with van der Waals surface area (Å²) in [6, 6.07) is 0. The number of aryl methyl sites for hydroxylation is 2. The van der Waals surface area contributed by atoms with Crippen molar-refractivity contribution >= 4 is 15.9 Å². The Labute approximate surface area is 137 Å². The van der Waals surface area contributed by atoms with Crippen LogP contribution < -0.4 is 5.32 Å². The fourth-order valence-corrected chi connectivity index (χ4v) is 3.51. The van der Waals surface area contributed by atoms with E-state index in [0.717, 1.165) is 42.6 Å². The minimum atomic E-state index is 0.201. The SMILES string of the molecule is CCC1(C)CN(Cc2c(Br)c(C)nn2C)C(C)(CC)CN1. The van der Waals surface area contributed by atoms with Crippen LogP contribution >= 0.6 is 15.9 Å². The van der Waals surface area contributed by atoms with Gasteiger partial charge >= 0.3 is 0 Å². The first kappa shape index (κ1) is 17.0. The Morgan fingerprint density at radius 3 is 2.43 bits per heavy atom. The Balaban J connectivity index is 2.29. The van der Waals surface area contributed by atoms with E-state index in [1.807, 2.05) is 11.7 Å². The normalized spacial score (nSPS) is 30.8. The van der Waals surface area contributed by atoms with Gasteiger partial charge in [0.15, 0.2) is 0 Å². The molecule has 1 saturated heterocycles. The quantitative estimate of drug-likeness (QED) is 0.898. The molecular weight excluding hydrogens is 328 g/mol. The van der Waals surface area contributed by atoms with Crippen molar-refractivity contribution in [2.75, 3.05) is 13.1 Å². The van der Waals surface area contributed by atoms with Gasteiger partial charge in [0.05, 0.1) is 15.9 Å². The zero-order valence-corrected chi connectivity index (χ0v) is 15.8. The molecule has 2 unspecified atom stereocenters. The van der Waals surface area contributed by atoms with Gasteiger partial charge in [0, 0.05) is 37.8 Å². The molecule has 1 aliphatic rings. The highest BCUT2D eigenvalue weighted by molar-refractivity contribution is 9.10. The predicted octanol–water partition coefficient (Wildman–Crippen LogP) is 3.23. The topological polar surface area (TPSA) is 33.1 Å². The van der Waals surface area contributed by atoms with E-state index >= 15 is 0 Å². The van der Waals surface area contributed by atoms with Gasteiger partial charge in [-0.25, -0.2) is 0 Å². The zero-order valence-electron chi connectivity index (χ0n) is 14.3. The standard InChI is InChI=1S/C16H29BrN4/c1-7-15(4)11-21(16(5,8-2)10-18-15)9-13-14(17)12(3)19-20(13)6/h18H,7-11H2,1-6H3. The van der Waals surface area contributed by atoms with Crippen LogP contribution in [0.2, 0.25) is 0 Å². The highest BCUT2D eigenvalue weighted by Crippen LogP contribution is 2.31. The van der Waals surface area contributed by atoms with E-state index < -0.39 is 0 Å². The number of hydrogen-bond donors (Lipinski definition) is 1. The fourth-order valence-electron chi connectivity index (χ4n) is 3.05. The summed E-state index contributed by atoms with van der Waals surface area (Å²) in [7, 11) is 2.04. The molecule has 0 spiro atoms. The third-order valence-corrected chi connectivity index (χ3v) is 6.38. The Hall–Kier alpha value is -0.390. The van der Waals surface area contributed by atoms with Crippen molar-refractivity contribution < 1.29 is 0 Å². The molecule has 0 aromatic carbocycles. The smallest absolute Gasteiger partial charge is 0.0739 e. The van der Waals surface area contributed by atoms with E-state index in [2.05, 4.69) is 65.9 Å². The van der Waals surface area contributed by atoms with Crippen LogP contribution in [0, 0.1) is 6.92 Å². The van der Waals surface area contributed by atoms with Crippen LogP contribution in [0.15, 0.2) is 4.47 Å². The summed E-state index contributed by atoms with van der Waals surface area (Å²) in [5.41, 5.74) is 2.74. The molecule has 5 heteroatoms. The van der Waals surface area contributed by atoms with Gasteiger partial charge in [-0.3, -0.25) is 9.58 Å². The van der Waals surface area contributed by atoms with Crippen LogP contribution in [0.5, 0.6) is 0 Å². The molecule has 2 heterocycles. The second-order valence-electron chi connectivity index (χ2n) is 6.94. The van der Waals surface area contributed by atoms with Gasteiger partial charge in [0.25, 0.3) is 0 Å². The molecule has 0 radical (unpaired) electrons. The van der Waals surface area contributed by atoms with Crippen molar-refractivity contribution in [2.45, 2.75) is 65.1 Å². The molecule has 0 aliphatic carbocycles. The predicted molar refractivity (Wildman–Crippen MR) is 91.4 cm³/mol. The molecule has 4 nitrogen and oxygen atoms in total. The molecule has 0 amide bonds. The Bertz CT molecular complexity index is 513.